The number of hydrogen-bond acceptors (Lipinski definition) is 7. The predicted molar refractivity (Wildman–Crippen MR) is 62.7 cm³/mol. The highest BCUT2D eigenvalue weighted by atomic mass is 19.4. The number of nitrogens with one attached hydrogen (secondary N) is 1. The second kappa shape index (κ2) is 6.36. The number of nitrogens with two attached hydrogens (primary N) is 1. The van der Waals surface area contributed by atoms with Crippen LogP contribution in [0.2, 0.25) is 0 Å². The number of nitrogen functional groups attached to an aromatic ring is 1. The molecule has 1 aromatic heterocycles. The van der Waals surface area contributed by atoms with Crippen molar-refractivity contribution in [1.82, 2.24) is 15.0 Å². The first-order valence-corrected chi connectivity index (χ1v) is 5.49. The Morgan fingerprint density at radius 2 is 2.00 bits per heavy atom. The van der Waals surface area contributed by atoms with Crippen molar-refractivity contribution in [2.24, 2.45) is 5.84 Å². The van der Waals surface area contributed by atoms with Gasteiger partial charge in [-0.3, -0.25) is 5.43 Å². The van der Waals surface area contributed by atoms with E-state index in [1.165, 1.54) is 7.05 Å². The van der Waals surface area contributed by atoms with E-state index in [9.17, 15) is 13.2 Å². The molecular weight excluding hydrogens is 265 g/mol. The maximum Gasteiger partial charge on any atom is 0.406 e. The zero-order valence-electron chi connectivity index (χ0n) is 10.5. The zero-order chi connectivity index (χ0) is 14.5. The molecule has 0 spiro atoms. The van der Waals surface area contributed by atoms with Crippen LogP contribution in [0.1, 0.15) is 13.3 Å². The summed E-state index contributed by atoms with van der Waals surface area (Å²) in [6, 6.07) is -0.0752. The van der Waals surface area contributed by atoms with Crippen LogP contribution in [0.4, 0.5) is 25.1 Å². The van der Waals surface area contributed by atoms with Gasteiger partial charge in [-0.1, -0.05) is 6.92 Å². The van der Waals surface area contributed by atoms with E-state index in [4.69, 9.17) is 10.6 Å². The van der Waals surface area contributed by atoms with Crippen molar-refractivity contribution >= 4 is 11.9 Å². The minimum Gasteiger partial charge on any atom is -0.463 e. The number of hydrazine groups is 1. The van der Waals surface area contributed by atoms with Crippen LogP contribution in [-0.4, -0.2) is 41.3 Å². The van der Waals surface area contributed by atoms with E-state index >= 15 is 0 Å². The number of halogens is 3. The van der Waals surface area contributed by atoms with E-state index in [2.05, 4.69) is 20.4 Å². The van der Waals surface area contributed by atoms with Gasteiger partial charge in [-0.2, -0.15) is 28.1 Å². The lowest BCUT2D eigenvalue weighted by Gasteiger charge is -2.19. The van der Waals surface area contributed by atoms with Gasteiger partial charge in [0.25, 0.3) is 0 Å². The van der Waals surface area contributed by atoms with Gasteiger partial charge in [0.2, 0.25) is 11.9 Å². The third-order valence-electron chi connectivity index (χ3n) is 1.93. The van der Waals surface area contributed by atoms with Gasteiger partial charge >= 0.3 is 12.2 Å². The molecule has 0 aromatic carbocycles. The molecule has 108 valence electrons. The molecule has 1 heterocycles. The lowest BCUT2D eigenvalue weighted by molar-refractivity contribution is -0.119. The predicted octanol–water partition coefficient (Wildman–Crippen LogP) is 0.944. The third-order valence-corrected chi connectivity index (χ3v) is 1.93. The quantitative estimate of drug-likeness (QED) is 0.592. The van der Waals surface area contributed by atoms with Crippen molar-refractivity contribution in [3.8, 4) is 6.01 Å². The number of ether oxygens (including phenoxy) is 1. The van der Waals surface area contributed by atoms with Crippen LogP contribution in [0.5, 0.6) is 6.01 Å². The molecule has 0 bridgehead atoms. The van der Waals surface area contributed by atoms with Crippen LogP contribution in [0, 0.1) is 0 Å². The monoisotopic (exact) mass is 280 g/mol. The summed E-state index contributed by atoms with van der Waals surface area (Å²) >= 11 is 0. The molecule has 0 saturated carbocycles. The SMILES string of the molecule is CCCOc1nc(NN)nc(N(C)CC(F)(F)F)n1. The summed E-state index contributed by atoms with van der Waals surface area (Å²) < 4.78 is 42.0. The summed E-state index contributed by atoms with van der Waals surface area (Å²) in [7, 11) is 1.22. The highest BCUT2D eigenvalue weighted by molar-refractivity contribution is 5.37. The smallest absolute Gasteiger partial charge is 0.406 e. The van der Waals surface area contributed by atoms with Gasteiger partial charge in [-0.25, -0.2) is 5.84 Å². The van der Waals surface area contributed by atoms with Gasteiger partial charge in [0.15, 0.2) is 0 Å². The second-order valence-electron chi connectivity index (χ2n) is 3.71. The highest BCUT2D eigenvalue weighted by Gasteiger charge is 2.30. The van der Waals surface area contributed by atoms with Gasteiger partial charge in [0.05, 0.1) is 6.61 Å². The van der Waals surface area contributed by atoms with E-state index in [1.807, 2.05) is 6.92 Å². The minimum absolute atomic E-state index is 0.0647. The van der Waals surface area contributed by atoms with Crippen LogP contribution in [-0.2, 0) is 0 Å². The van der Waals surface area contributed by atoms with Gasteiger partial charge < -0.3 is 9.64 Å². The molecule has 0 aliphatic carbocycles. The fourth-order valence-electron chi connectivity index (χ4n) is 1.18. The summed E-state index contributed by atoms with van der Waals surface area (Å²) in [4.78, 5) is 12.1. The molecule has 0 fully saturated rings. The highest BCUT2D eigenvalue weighted by Crippen LogP contribution is 2.20. The van der Waals surface area contributed by atoms with Crippen molar-refractivity contribution in [3.63, 3.8) is 0 Å². The Morgan fingerprint density at radius 1 is 1.32 bits per heavy atom. The second-order valence-corrected chi connectivity index (χ2v) is 3.71. The first-order valence-electron chi connectivity index (χ1n) is 5.49. The summed E-state index contributed by atoms with van der Waals surface area (Å²) in [6.45, 7) is 1.03. The summed E-state index contributed by atoms with van der Waals surface area (Å²) in [5.41, 5.74) is 2.15. The van der Waals surface area contributed by atoms with Gasteiger partial charge in [-0.05, 0) is 6.42 Å². The average molecular weight is 280 g/mol. The molecular formula is C9H15F3N6O. The number of rotatable bonds is 6. The topological polar surface area (TPSA) is 89.2 Å². The van der Waals surface area contributed by atoms with Crippen molar-refractivity contribution < 1.29 is 17.9 Å². The maximum absolute atomic E-state index is 12.3. The molecule has 10 heteroatoms. The van der Waals surface area contributed by atoms with E-state index in [0.717, 1.165) is 4.90 Å². The summed E-state index contributed by atoms with van der Waals surface area (Å²) in [5, 5.41) is 0. The molecule has 0 saturated heterocycles. The maximum atomic E-state index is 12.3. The standard InChI is InChI=1S/C9H15F3N6O/c1-3-4-19-8-15-6(17-13)14-7(16-8)18(2)5-9(10,11)12/h3-5,13H2,1-2H3,(H,14,15,16,17). The van der Waals surface area contributed by atoms with E-state index in [0.29, 0.717) is 13.0 Å². The normalized spacial score (nSPS) is 11.3. The van der Waals surface area contributed by atoms with Gasteiger partial charge in [0, 0.05) is 7.05 Å². The Labute approximate surface area is 108 Å². The molecule has 0 atom stereocenters. The largest absolute Gasteiger partial charge is 0.463 e. The zero-order valence-corrected chi connectivity index (χ0v) is 10.5. The lowest BCUT2D eigenvalue weighted by Crippen LogP contribution is -2.32. The fourth-order valence-corrected chi connectivity index (χ4v) is 1.18. The number of anilines is 2. The molecule has 0 unspecified atom stereocenters. The first kappa shape index (κ1) is 15.2. The summed E-state index contributed by atoms with van der Waals surface area (Å²) in [6.07, 6.45) is -3.65. The number of aromatic nitrogens is 3. The van der Waals surface area contributed by atoms with Crippen LogP contribution >= 0.6 is 0 Å². The first-order chi connectivity index (χ1) is 8.85. The Bertz CT molecular complexity index is 413. The fraction of sp³-hybridized carbons (Fsp3) is 0.667. The van der Waals surface area contributed by atoms with Crippen LogP contribution in [0.25, 0.3) is 0 Å². The van der Waals surface area contributed by atoms with Gasteiger partial charge in [-0.15, -0.1) is 0 Å². The molecule has 0 radical (unpaired) electrons. The van der Waals surface area contributed by atoms with Crippen molar-refractivity contribution in [1.29, 1.82) is 0 Å². The van der Waals surface area contributed by atoms with Crippen LogP contribution < -0.4 is 20.9 Å². The Morgan fingerprint density at radius 3 is 2.53 bits per heavy atom. The Hall–Kier alpha value is -1.84. The molecule has 1 rings (SSSR count). The Balaban J connectivity index is 2.92. The third kappa shape index (κ3) is 5.12. The van der Waals surface area contributed by atoms with Crippen molar-refractivity contribution in [3.05, 3.63) is 0 Å². The molecule has 3 N–H and O–H groups in total. The van der Waals surface area contributed by atoms with E-state index in [-0.39, 0.29) is 17.9 Å². The molecule has 0 aliphatic heterocycles. The van der Waals surface area contributed by atoms with Crippen LogP contribution in [0.15, 0.2) is 0 Å². The average Bonchev–Trinajstić information content (AvgIpc) is 2.33. The number of alkyl halides is 3. The van der Waals surface area contributed by atoms with Crippen molar-refractivity contribution in [2.75, 3.05) is 30.5 Å². The molecule has 0 amide bonds. The summed E-state index contributed by atoms with van der Waals surface area (Å²) in [5.74, 6) is 4.91. The molecule has 1 aromatic rings. The van der Waals surface area contributed by atoms with E-state index < -0.39 is 12.7 Å². The minimum atomic E-state index is -4.36. The molecule has 0 aliphatic rings. The molecule has 19 heavy (non-hydrogen) atoms. The number of nitrogens with zero attached hydrogens (tertiary/aromatic N) is 4. The number of hydrogen-bond donors (Lipinski definition) is 2. The molecule has 7 nitrogen and oxygen atoms in total. The Kier molecular flexibility index (Phi) is 5.10. The van der Waals surface area contributed by atoms with Gasteiger partial charge in [0.1, 0.15) is 6.54 Å². The van der Waals surface area contributed by atoms with Crippen molar-refractivity contribution in [2.45, 2.75) is 19.5 Å². The van der Waals surface area contributed by atoms with Crippen LogP contribution in [0.3, 0.4) is 0 Å². The lowest BCUT2D eigenvalue weighted by atomic mass is 10.5. The van der Waals surface area contributed by atoms with E-state index in [1.54, 1.807) is 0 Å².